The molecular weight excluding hydrogens is 182 g/mol. The van der Waals surface area contributed by atoms with Crippen LogP contribution in [-0.2, 0) is 9.53 Å². The lowest BCUT2D eigenvalue weighted by Gasteiger charge is -1.88. The summed E-state index contributed by atoms with van der Waals surface area (Å²) in [4.78, 5) is 18.0. The molecule has 14 heavy (non-hydrogen) atoms. The van der Waals surface area contributed by atoms with Crippen LogP contribution in [0.25, 0.3) is 0 Å². The molecule has 5 nitrogen and oxygen atoms in total. The first-order valence-corrected chi connectivity index (χ1v) is 3.58. The number of rotatable bonds is 0. The van der Waals surface area contributed by atoms with Gasteiger partial charge in [-0.3, -0.25) is 0 Å². The van der Waals surface area contributed by atoms with Crippen molar-refractivity contribution in [2.24, 2.45) is 0 Å². The van der Waals surface area contributed by atoms with Gasteiger partial charge in [0.05, 0.1) is 12.7 Å². The van der Waals surface area contributed by atoms with E-state index in [2.05, 4.69) is 26.5 Å². The molecule has 1 heterocycles. The summed E-state index contributed by atoms with van der Waals surface area (Å²) in [5, 5.41) is 8.40. The molecule has 1 aromatic rings. The maximum atomic E-state index is 10.6. The molecular formula is C9H5N3O2. The standard InChI is InChI=1S/C9H5N3O2/c1-14-9(13)3-2-7-5-11-8(4-10)12-6-7/h5-6H,1H3. The monoisotopic (exact) mass is 187 g/mol. The molecule has 0 aromatic carbocycles. The molecule has 68 valence electrons. The molecule has 5 heteroatoms. The zero-order valence-corrected chi connectivity index (χ0v) is 7.31. The molecule has 0 amide bonds. The SMILES string of the molecule is COC(=O)C#Cc1cnc(C#N)nc1. The molecule has 0 N–H and O–H groups in total. The molecule has 0 aliphatic rings. The van der Waals surface area contributed by atoms with Gasteiger partial charge in [0.1, 0.15) is 6.07 Å². The van der Waals surface area contributed by atoms with Crippen molar-refractivity contribution in [3.63, 3.8) is 0 Å². The van der Waals surface area contributed by atoms with Gasteiger partial charge in [-0.25, -0.2) is 14.8 Å². The van der Waals surface area contributed by atoms with Crippen LogP contribution in [0.15, 0.2) is 12.4 Å². The van der Waals surface area contributed by atoms with Crippen molar-refractivity contribution in [2.75, 3.05) is 7.11 Å². The molecule has 0 bridgehead atoms. The van der Waals surface area contributed by atoms with Crippen molar-refractivity contribution < 1.29 is 9.53 Å². The van der Waals surface area contributed by atoms with Crippen LogP contribution >= 0.6 is 0 Å². The first kappa shape index (κ1) is 9.69. The number of methoxy groups -OCH3 is 1. The van der Waals surface area contributed by atoms with Crippen molar-refractivity contribution in [1.82, 2.24) is 9.97 Å². The van der Waals surface area contributed by atoms with Crippen LogP contribution in [0.3, 0.4) is 0 Å². The molecule has 0 aliphatic heterocycles. The highest BCUT2D eigenvalue weighted by Gasteiger charge is 1.93. The summed E-state index contributed by atoms with van der Waals surface area (Å²) in [6.07, 6.45) is 2.73. The Morgan fingerprint density at radius 2 is 2.14 bits per heavy atom. The number of esters is 1. The first-order chi connectivity index (χ1) is 6.76. The Hall–Kier alpha value is -2.40. The number of hydrogen-bond acceptors (Lipinski definition) is 5. The molecule has 0 atom stereocenters. The summed E-state index contributed by atoms with van der Waals surface area (Å²) >= 11 is 0. The van der Waals surface area contributed by atoms with Gasteiger partial charge in [-0.2, -0.15) is 5.26 Å². The number of carbonyl (C=O) groups is 1. The van der Waals surface area contributed by atoms with Crippen LogP contribution in [0.4, 0.5) is 0 Å². The van der Waals surface area contributed by atoms with Crippen LogP contribution in [0, 0.1) is 23.2 Å². The molecule has 0 fully saturated rings. The van der Waals surface area contributed by atoms with Crippen LogP contribution in [0.5, 0.6) is 0 Å². The number of nitriles is 1. The zero-order valence-electron chi connectivity index (χ0n) is 7.31. The van der Waals surface area contributed by atoms with E-state index in [1.807, 2.05) is 0 Å². The summed E-state index contributed by atoms with van der Waals surface area (Å²) < 4.78 is 4.31. The van der Waals surface area contributed by atoms with Gasteiger partial charge in [0.2, 0.25) is 5.82 Å². The van der Waals surface area contributed by atoms with Gasteiger partial charge >= 0.3 is 5.97 Å². The van der Waals surface area contributed by atoms with E-state index >= 15 is 0 Å². The van der Waals surface area contributed by atoms with Crippen molar-refractivity contribution in [3.8, 4) is 17.9 Å². The van der Waals surface area contributed by atoms with Gasteiger partial charge in [-0.15, -0.1) is 0 Å². The minimum absolute atomic E-state index is 0.0635. The van der Waals surface area contributed by atoms with Crippen molar-refractivity contribution in [3.05, 3.63) is 23.8 Å². The minimum atomic E-state index is -0.630. The first-order valence-electron chi connectivity index (χ1n) is 3.58. The second-order valence-corrected chi connectivity index (χ2v) is 2.15. The third-order valence-electron chi connectivity index (χ3n) is 1.25. The fourth-order valence-corrected chi connectivity index (χ4v) is 0.625. The number of ether oxygens (including phenoxy) is 1. The topological polar surface area (TPSA) is 75.9 Å². The lowest BCUT2D eigenvalue weighted by molar-refractivity contribution is -0.133. The smallest absolute Gasteiger partial charge is 0.384 e. The van der Waals surface area contributed by atoms with Crippen LogP contribution in [-0.4, -0.2) is 23.0 Å². The Bertz CT molecular complexity index is 434. The second-order valence-electron chi connectivity index (χ2n) is 2.15. The zero-order chi connectivity index (χ0) is 10.4. The Morgan fingerprint density at radius 3 is 2.64 bits per heavy atom. The summed E-state index contributed by atoms with van der Waals surface area (Å²) in [6.45, 7) is 0. The summed E-state index contributed by atoms with van der Waals surface area (Å²) in [5.74, 6) is 4.13. The van der Waals surface area contributed by atoms with Gasteiger partial charge < -0.3 is 4.74 Å². The maximum absolute atomic E-state index is 10.6. The number of nitrogens with zero attached hydrogens (tertiary/aromatic N) is 3. The normalized spacial score (nSPS) is 8.00. The van der Waals surface area contributed by atoms with Gasteiger partial charge in [0, 0.05) is 18.3 Å². The van der Waals surface area contributed by atoms with Gasteiger partial charge in [0.15, 0.2) is 0 Å². The van der Waals surface area contributed by atoms with Crippen molar-refractivity contribution >= 4 is 5.97 Å². The van der Waals surface area contributed by atoms with Crippen LogP contribution < -0.4 is 0 Å². The second kappa shape index (κ2) is 4.58. The third-order valence-corrected chi connectivity index (χ3v) is 1.25. The van der Waals surface area contributed by atoms with E-state index < -0.39 is 5.97 Å². The van der Waals surface area contributed by atoms with E-state index in [1.54, 1.807) is 6.07 Å². The largest absolute Gasteiger partial charge is 0.459 e. The van der Waals surface area contributed by atoms with Crippen molar-refractivity contribution in [1.29, 1.82) is 5.26 Å². The Morgan fingerprint density at radius 1 is 1.50 bits per heavy atom. The van der Waals surface area contributed by atoms with Gasteiger partial charge in [-0.1, -0.05) is 5.92 Å². The minimum Gasteiger partial charge on any atom is -0.459 e. The predicted octanol–water partition coefficient (Wildman–Crippen LogP) is -0.127. The van der Waals surface area contributed by atoms with E-state index in [0.717, 1.165) is 0 Å². The van der Waals surface area contributed by atoms with Gasteiger partial charge in [-0.05, 0) is 0 Å². The fraction of sp³-hybridized carbons (Fsp3) is 0.111. The molecule has 0 unspecified atom stereocenters. The average molecular weight is 187 g/mol. The molecule has 1 aromatic heterocycles. The highest BCUT2D eigenvalue weighted by molar-refractivity contribution is 5.88. The molecule has 1 rings (SSSR count). The molecule has 0 aliphatic carbocycles. The molecule has 0 saturated carbocycles. The Balaban J connectivity index is 2.83. The van der Waals surface area contributed by atoms with Crippen LogP contribution in [0.2, 0.25) is 0 Å². The lowest BCUT2D eigenvalue weighted by atomic mass is 10.3. The summed E-state index contributed by atoms with van der Waals surface area (Å²) in [5.41, 5.74) is 0.453. The summed E-state index contributed by atoms with van der Waals surface area (Å²) in [6, 6.07) is 1.77. The number of aromatic nitrogens is 2. The Labute approximate surface area is 80.4 Å². The predicted molar refractivity (Wildman–Crippen MR) is 45.6 cm³/mol. The molecule has 0 spiro atoms. The van der Waals surface area contributed by atoms with E-state index in [1.165, 1.54) is 19.5 Å². The van der Waals surface area contributed by atoms with E-state index in [9.17, 15) is 4.79 Å². The quantitative estimate of drug-likeness (QED) is 0.417. The lowest BCUT2D eigenvalue weighted by Crippen LogP contribution is -1.95. The molecule has 0 saturated heterocycles. The maximum Gasteiger partial charge on any atom is 0.384 e. The third kappa shape index (κ3) is 2.58. The highest BCUT2D eigenvalue weighted by atomic mass is 16.5. The van der Waals surface area contributed by atoms with E-state index in [-0.39, 0.29) is 5.82 Å². The van der Waals surface area contributed by atoms with E-state index in [0.29, 0.717) is 5.56 Å². The van der Waals surface area contributed by atoms with E-state index in [4.69, 9.17) is 5.26 Å². The van der Waals surface area contributed by atoms with Crippen LogP contribution in [0.1, 0.15) is 11.4 Å². The molecule has 0 radical (unpaired) electrons. The number of carbonyl (C=O) groups excluding carboxylic acids is 1. The van der Waals surface area contributed by atoms with Crippen molar-refractivity contribution in [2.45, 2.75) is 0 Å². The highest BCUT2D eigenvalue weighted by Crippen LogP contribution is 1.92. The number of hydrogen-bond donors (Lipinski definition) is 0. The average Bonchev–Trinajstić information content (AvgIpc) is 2.26. The summed E-state index contributed by atoms with van der Waals surface area (Å²) in [7, 11) is 1.24. The fourth-order valence-electron chi connectivity index (χ4n) is 0.625. The van der Waals surface area contributed by atoms with Gasteiger partial charge in [0.25, 0.3) is 0 Å². The Kier molecular flexibility index (Phi) is 3.17.